The highest BCUT2D eigenvalue weighted by Gasteiger charge is 2.46. The molecule has 0 unspecified atom stereocenters. The van der Waals surface area contributed by atoms with Crippen molar-refractivity contribution >= 4 is 23.4 Å². The summed E-state index contributed by atoms with van der Waals surface area (Å²) in [6.45, 7) is 9.54. The van der Waals surface area contributed by atoms with Crippen molar-refractivity contribution in [3.8, 4) is 0 Å². The molecule has 192 valence electrons. The van der Waals surface area contributed by atoms with E-state index in [4.69, 9.17) is 9.47 Å². The largest absolute Gasteiger partial charge is 0.507 e. The lowest BCUT2D eigenvalue weighted by Crippen LogP contribution is -2.38. The number of likely N-dealkylation sites (tertiary alicyclic amines) is 1. The number of aromatic amines is 1. The normalized spacial score (nSPS) is 20.2. The number of Topliss-reactive ketones (excluding diaryl/α,β-unsaturated/α-hetero) is 1. The number of hydrogen-bond acceptors (Lipinski definition) is 7. The number of morpholine rings is 1. The van der Waals surface area contributed by atoms with Crippen molar-refractivity contribution in [3.05, 3.63) is 64.0 Å². The second kappa shape index (κ2) is 11.1. The highest BCUT2D eigenvalue weighted by atomic mass is 16.5. The SMILES string of the molecule is CCOC(=O)c1[nH]c(C)c(/C(O)=C2\C(=O)C(=O)N(CCCN3CCOCC3)[C@H]2c2ccccc2)c1C. The summed E-state index contributed by atoms with van der Waals surface area (Å²) in [6.07, 6.45) is 0.686. The minimum absolute atomic E-state index is 0.0261. The maximum Gasteiger partial charge on any atom is 0.355 e. The topological polar surface area (TPSA) is 112 Å². The summed E-state index contributed by atoms with van der Waals surface area (Å²) < 4.78 is 10.5. The van der Waals surface area contributed by atoms with Crippen molar-refractivity contribution in [1.29, 1.82) is 0 Å². The molecule has 2 fully saturated rings. The fraction of sp³-hybridized carbons (Fsp3) is 0.444. The van der Waals surface area contributed by atoms with E-state index in [9.17, 15) is 19.5 Å². The number of carbonyl (C=O) groups excluding carboxylic acids is 3. The number of ketones is 1. The predicted octanol–water partition coefficient (Wildman–Crippen LogP) is 2.95. The summed E-state index contributed by atoms with van der Waals surface area (Å²) in [5.74, 6) is -2.20. The van der Waals surface area contributed by atoms with E-state index < -0.39 is 23.7 Å². The van der Waals surface area contributed by atoms with Crippen molar-refractivity contribution < 1.29 is 29.0 Å². The molecule has 0 spiro atoms. The molecule has 0 radical (unpaired) electrons. The molecule has 2 aliphatic rings. The third-order valence-electron chi connectivity index (χ3n) is 6.79. The lowest BCUT2D eigenvalue weighted by Gasteiger charge is -2.29. The summed E-state index contributed by atoms with van der Waals surface area (Å²) >= 11 is 0. The van der Waals surface area contributed by atoms with E-state index in [0.29, 0.717) is 43.0 Å². The van der Waals surface area contributed by atoms with E-state index in [1.54, 1.807) is 25.7 Å². The van der Waals surface area contributed by atoms with Crippen LogP contribution in [0.3, 0.4) is 0 Å². The molecule has 2 aliphatic heterocycles. The molecule has 4 rings (SSSR count). The van der Waals surface area contributed by atoms with Crippen LogP contribution in [0.15, 0.2) is 35.9 Å². The number of H-pyrrole nitrogens is 1. The van der Waals surface area contributed by atoms with Gasteiger partial charge in [-0.3, -0.25) is 14.5 Å². The van der Waals surface area contributed by atoms with Gasteiger partial charge >= 0.3 is 5.97 Å². The summed E-state index contributed by atoms with van der Waals surface area (Å²) in [6, 6.07) is 8.51. The Morgan fingerprint density at radius 1 is 1.14 bits per heavy atom. The highest BCUT2D eigenvalue weighted by molar-refractivity contribution is 6.46. The number of hydrogen-bond donors (Lipinski definition) is 2. The lowest BCUT2D eigenvalue weighted by atomic mass is 9.94. The first kappa shape index (κ1) is 25.7. The van der Waals surface area contributed by atoms with E-state index >= 15 is 0 Å². The molecule has 2 aromatic rings. The Bertz CT molecular complexity index is 1160. The number of aliphatic hydroxyl groups is 1. The fourth-order valence-corrected chi connectivity index (χ4v) is 5.03. The van der Waals surface area contributed by atoms with Crippen molar-refractivity contribution in [2.24, 2.45) is 0 Å². The number of ether oxygens (including phenoxy) is 2. The third kappa shape index (κ3) is 4.94. The van der Waals surface area contributed by atoms with E-state index in [-0.39, 0.29) is 23.6 Å². The van der Waals surface area contributed by atoms with Gasteiger partial charge in [0.25, 0.3) is 11.7 Å². The number of nitrogens with zero attached hydrogens (tertiary/aromatic N) is 2. The number of aromatic nitrogens is 1. The van der Waals surface area contributed by atoms with Crippen molar-refractivity contribution in [3.63, 3.8) is 0 Å². The maximum absolute atomic E-state index is 13.3. The Labute approximate surface area is 210 Å². The third-order valence-corrected chi connectivity index (χ3v) is 6.79. The highest BCUT2D eigenvalue weighted by Crippen LogP contribution is 2.40. The smallest absolute Gasteiger partial charge is 0.355 e. The van der Waals surface area contributed by atoms with Gasteiger partial charge in [-0.1, -0.05) is 30.3 Å². The molecule has 0 saturated carbocycles. The summed E-state index contributed by atoms with van der Waals surface area (Å²) in [5, 5.41) is 11.5. The van der Waals surface area contributed by atoms with E-state index in [1.165, 1.54) is 0 Å². The van der Waals surface area contributed by atoms with Crippen LogP contribution in [0, 0.1) is 13.8 Å². The molecule has 3 heterocycles. The van der Waals surface area contributed by atoms with Gasteiger partial charge in [0.1, 0.15) is 11.5 Å². The minimum atomic E-state index is -0.731. The molecule has 1 aromatic carbocycles. The number of rotatable bonds is 8. The molecule has 0 aliphatic carbocycles. The molecule has 2 N–H and O–H groups in total. The average Bonchev–Trinajstić information content (AvgIpc) is 3.32. The van der Waals surface area contributed by atoms with E-state index in [1.807, 2.05) is 30.3 Å². The van der Waals surface area contributed by atoms with Crippen LogP contribution in [-0.4, -0.2) is 83.5 Å². The van der Waals surface area contributed by atoms with E-state index in [0.717, 1.165) is 25.2 Å². The molecule has 9 nitrogen and oxygen atoms in total. The standard InChI is InChI=1S/C27H33N3O6/c1-4-36-27(34)22-17(2)20(18(3)28-22)24(31)21-23(19-9-6-5-7-10-19)30(26(33)25(21)32)12-8-11-29-13-15-35-16-14-29/h5-7,9-10,23,28,31H,4,8,11-16H2,1-3H3/b24-21+/t23-/m0/s1. The minimum Gasteiger partial charge on any atom is -0.507 e. The number of nitrogens with one attached hydrogen (secondary N) is 1. The second-order valence-electron chi connectivity index (χ2n) is 9.06. The molecular weight excluding hydrogens is 462 g/mol. The van der Waals surface area contributed by atoms with E-state index in [2.05, 4.69) is 9.88 Å². The molecule has 1 atom stereocenters. The van der Waals surface area contributed by atoms with Crippen molar-refractivity contribution in [2.75, 3.05) is 46.0 Å². The first-order chi connectivity index (χ1) is 17.3. The first-order valence-corrected chi connectivity index (χ1v) is 12.3. The zero-order valence-corrected chi connectivity index (χ0v) is 21.0. The number of aryl methyl sites for hydroxylation is 1. The lowest BCUT2D eigenvalue weighted by molar-refractivity contribution is -0.140. The van der Waals surface area contributed by atoms with Crippen LogP contribution in [0.2, 0.25) is 0 Å². The quantitative estimate of drug-likeness (QED) is 0.251. The molecule has 2 saturated heterocycles. The van der Waals surface area contributed by atoms with Gasteiger partial charge in [-0.2, -0.15) is 0 Å². The first-order valence-electron chi connectivity index (χ1n) is 12.3. The molecule has 9 heteroatoms. The Hall–Kier alpha value is -3.43. The van der Waals surface area contributed by atoms with Crippen molar-refractivity contribution in [2.45, 2.75) is 33.2 Å². The van der Waals surface area contributed by atoms with Crippen LogP contribution in [0.5, 0.6) is 0 Å². The van der Waals surface area contributed by atoms with Gasteiger partial charge in [-0.25, -0.2) is 4.79 Å². The Morgan fingerprint density at radius 3 is 2.50 bits per heavy atom. The van der Waals surface area contributed by atoms with Crippen LogP contribution >= 0.6 is 0 Å². The number of carbonyl (C=O) groups is 3. The second-order valence-corrected chi connectivity index (χ2v) is 9.06. The Kier molecular flexibility index (Phi) is 7.91. The van der Waals surface area contributed by atoms with Gasteiger partial charge in [0.2, 0.25) is 0 Å². The molecule has 1 amide bonds. The van der Waals surface area contributed by atoms with Gasteiger partial charge in [0, 0.05) is 37.4 Å². The Balaban J connectivity index is 1.71. The fourth-order valence-electron chi connectivity index (χ4n) is 5.03. The van der Waals surface area contributed by atoms with Gasteiger partial charge < -0.3 is 24.5 Å². The monoisotopic (exact) mass is 495 g/mol. The van der Waals surface area contributed by atoms with Crippen LogP contribution in [0.25, 0.3) is 5.76 Å². The summed E-state index contributed by atoms with van der Waals surface area (Å²) in [5.41, 5.74) is 2.30. The number of aliphatic hydroxyl groups excluding tert-OH is 1. The molecule has 36 heavy (non-hydrogen) atoms. The molecule has 1 aromatic heterocycles. The van der Waals surface area contributed by atoms with Gasteiger partial charge in [0.05, 0.1) is 31.4 Å². The van der Waals surface area contributed by atoms with Crippen LogP contribution in [-0.2, 0) is 19.1 Å². The average molecular weight is 496 g/mol. The zero-order chi connectivity index (χ0) is 25.8. The summed E-state index contributed by atoms with van der Waals surface area (Å²) in [4.78, 5) is 45.7. The van der Waals surface area contributed by atoms with Crippen LogP contribution in [0.4, 0.5) is 0 Å². The van der Waals surface area contributed by atoms with Crippen molar-refractivity contribution in [1.82, 2.24) is 14.8 Å². The maximum atomic E-state index is 13.3. The van der Waals surface area contributed by atoms with Crippen LogP contribution < -0.4 is 0 Å². The summed E-state index contributed by atoms with van der Waals surface area (Å²) in [7, 11) is 0. The van der Waals surface area contributed by atoms with Gasteiger partial charge in [-0.15, -0.1) is 0 Å². The molecular formula is C27H33N3O6. The Morgan fingerprint density at radius 2 is 1.83 bits per heavy atom. The molecule has 0 bridgehead atoms. The van der Waals surface area contributed by atoms with Crippen LogP contribution in [0.1, 0.15) is 52.3 Å². The number of amides is 1. The number of benzene rings is 1. The van der Waals surface area contributed by atoms with Gasteiger partial charge in [0.15, 0.2) is 0 Å². The van der Waals surface area contributed by atoms with Gasteiger partial charge in [-0.05, 0) is 38.3 Å². The number of esters is 1. The predicted molar refractivity (Wildman–Crippen MR) is 134 cm³/mol. The zero-order valence-electron chi connectivity index (χ0n) is 21.0.